The first-order valence-electron chi connectivity index (χ1n) is 10.7. The number of carbonyl (C=O) groups excluding carboxylic acids is 1. The summed E-state index contributed by atoms with van der Waals surface area (Å²) in [6, 6.07) is 10.5. The Hall–Kier alpha value is -2.93. The number of rotatable bonds is 8. The number of hydrogen-bond acceptors (Lipinski definition) is 5. The molecule has 0 bridgehead atoms. The van der Waals surface area contributed by atoms with Crippen molar-refractivity contribution in [1.29, 1.82) is 0 Å². The Kier molecular flexibility index (Phi) is 6.28. The molecule has 158 valence electrons. The van der Waals surface area contributed by atoms with Crippen LogP contribution in [0, 0.1) is 6.92 Å². The quantitative estimate of drug-likeness (QED) is 0.580. The molecule has 0 saturated heterocycles. The Morgan fingerprint density at radius 1 is 1.27 bits per heavy atom. The fourth-order valence-electron chi connectivity index (χ4n) is 4.07. The number of benzene rings is 1. The Labute approximate surface area is 177 Å². The molecule has 3 aromatic rings. The van der Waals surface area contributed by atoms with Gasteiger partial charge >= 0.3 is 5.97 Å². The number of esters is 1. The number of hydrogen-bond donors (Lipinski definition) is 1. The predicted molar refractivity (Wildman–Crippen MR) is 114 cm³/mol. The van der Waals surface area contributed by atoms with E-state index in [4.69, 9.17) is 4.74 Å². The number of imidazole rings is 1. The van der Waals surface area contributed by atoms with E-state index in [1.54, 1.807) is 6.33 Å². The second-order valence-electron chi connectivity index (χ2n) is 7.74. The monoisotopic (exact) mass is 407 g/mol. The van der Waals surface area contributed by atoms with Gasteiger partial charge in [-0.2, -0.15) is 5.10 Å². The van der Waals surface area contributed by atoms with Crippen molar-refractivity contribution in [3.8, 4) is 0 Å². The molecule has 1 aromatic carbocycles. The maximum Gasteiger partial charge on any atom is 0.359 e. The number of aromatic amines is 1. The van der Waals surface area contributed by atoms with Crippen LogP contribution in [0.3, 0.4) is 0 Å². The van der Waals surface area contributed by atoms with E-state index in [-0.39, 0.29) is 5.97 Å². The van der Waals surface area contributed by atoms with E-state index in [1.807, 2.05) is 24.6 Å². The third-order valence-corrected chi connectivity index (χ3v) is 5.67. The summed E-state index contributed by atoms with van der Waals surface area (Å²) in [6.45, 7) is 7.39. The molecule has 0 radical (unpaired) electrons. The molecule has 0 saturated carbocycles. The van der Waals surface area contributed by atoms with E-state index in [0.29, 0.717) is 18.8 Å². The zero-order chi connectivity index (χ0) is 20.9. The maximum absolute atomic E-state index is 12.6. The first-order chi connectivity index (χ1) is 14.7. The van der Waals surface area contributed by atoms with Crippen molar-refractivity contribution < 1.29 is 9.53 Å². The molecular weight excluding hydrogens is 378 g/mol. The zero-order valence-corrected chi connectivity index (χ0v) is 17.7. The van der Waals surface area contributed by atoms with Gasteiger partial charge < -0.3 is 9.72 Å². The third-order valence-electron chi connectivity index (χ3n) is 5.67. The fraction of sp³-hybridized carbons (Fsp3) is 0.435. The molecule has 7 heteroatoms. The number of fused-ring (bicyclic) bond motifs is 1. The van der Waals surface area contributed by atoms with Gasteiger partial charge in [-0.05, 0) is 32.3 Å². The molecule has 1 aliphatic heterocycles. The second kappa shape index (κ2) is 9.26. The minimum absolute atomic E-state index is 0.326. The summed E-state index contributed by atoms with van der Waals surface area (Å²) in [5.41, 5.74) is 6.10. The molecule has 2 aromatic heterocycles. The van der Waals surface area contributed by atoms with Crippen LogP contribution in [0.4, 0.5) is 0 Å². The molecular formula is C23H29N5O2. The predicted octanol–water partition coefficient (Wildman–Crippen LogP) is 3.28. The lowest BCUT2D eigenvalue weighted by atomic mass is 10.0. The van der Waals surface area contributed by atoms with Crippen LogP contribution in [0.1, 0.15) is 52.0 Å². The number of nitrogens with one attached hydrogen (secondary N) is 1. The van der Waals surface area contributed by atoms with E-state index in [9.17, 15) is 4.79 Å². The van der Waals surface area contributed by atoms with Crippen LogP contribution in [0.5, 0.6) is 0 Å². The van der Waals surface area contributed by atoms with E-state index < -0.39 is 0 Å². The average molecular weight is 408 g/mol. The molecule has 1 aliphatic rings. The summed E-state index contributed by atoms with van der Waals surface area (Å²) in [6.07, 6.45) is 4.58. The first-order valence-corrected chi connectivity index (χ1v) is 10.7. The van der Waals surface area contributed by atoms with Gasteiger partial charge in [0.2, 0.25) is 0 Å². The summed E-state index contributed by atoms with van der Waals surface area (Å²) in [7, 11) is 0. The van der Waals surface area contributed by atoms with Crippen molar-refractivity contribution in [3.05, 3.63) is 70.6 Å². The molecule has 0 spiro atoms. The van der Waals surface area contributed by atoms with Gasteiger partial charge in [0.15, 0.2) is 5.69 Å². The van der Waals surface area contributed by atoms with Crippen LogP contribution in [-0.2, 0) is 37.2 Å². The van der Waals surface area contributed by atoms with Crippen LogP contribution in [0.15, 0.2) is 36.7 Å². The van der Waals surface area contributed by atoms with Crippen LogP contribution in [0.2, 0.25) is 0 Å². The topological polar surface area (TPSA) is 76.0 Å². The molecule has 0 atom stereocenters. The lowest BCUT2D eigenvalue weighted by Crippen LogP contribution is -2.31. The zero-order valence-electron chi connectivity index (χ0n) is 17.7. The van der Waals surface area contributed by atoms with E-state index in [2.05, 4.69) is 44.2 Å². The first kappa shape index (κ1) is 20.3. The molecule has 1 N–H and O–H groups in total. The van der Waals surface area contributed by atoms with Gasteiger partial charge in [0, 0.05) is 49.6 Å². The van der Waals surface area contributed by atoms with Gasteiger partial charge in [0.1, 0.15) is 0 Å². The molecule has 0 aliphatic carbocycles. The highest BCUT2D eigenvalue weighted by Crippen LogP contribution is 2.25. The Morgan fingerprint density at radius 3 is 2.83 bits per heavy atom. The Morgan fingerprint density at radius 2 is 2.10 bits per heavy atom. The van der Waals surface area contributed by atoms with Gasteiger partial charge in [-0.25, -0.2) is 9.78 Å². The molecule has 30 heavy (non-hydrogen) atoms. The van der Waals surface area contributed by atoms with Crippen molar-refractivity contribution >= 4 is 5.97 Å². The Bertz CT molecular complexity index is 992. The smallest absolute Gasteiger partial charge is 0.359 e. The number of carbonyl (C=O) groups is 1. The van der Waals surface area contributed by atoms with E-state index >= 15 is 0 Å². The highest BCUT2D eigenvalue weighted by atomic mass is 16.5. The van der Waals surface area contributed by atoms with Crippen molar-refractivity contribution in [1.82, 2.24) is 24.6 Å². The fourth-order valence-corrected chi connectivity index (χ4v) is 4.07. The number of aromatic nitrogens is 4. The number of H-pyrrole nitrogens is 1. The summed E-state index contributed by atoms with van der Waals surface area (Å²) >= 11 is 0. The summed E-state index contributed by atoms with van der Waals surface area (Å²) < 4.78 is 7.32. The van der Waals surface area contributed by atoms with Gasteiger partial charge in [-0.3, -0.25) is 9.58 Å². The van der Waals surface area contributed by atoms with Crippen molar-refractivity contribution in [2.24, 2.45) is 0 Å². The molecule has 0 fully saturated rings. The average Bonchev–Trinajstić information content (AvgIpc) is 3.32. The highest BCUT2D eigenvalue weighted by molar-refractivity contribution is 5.89. The molecule has 7 nitrogen and oxygen atoms in total. The number of nitrogens with zero attached hydrogens (tertiary/aromatic N) is 4. The van der Waals surface area contributed by atoms with Crippen molar-refractivity contribution in [2.75, 3.05) is 13.2 Å². The summed E-state index contributed by atoms with van der Waals surface area (Å²) in [4.78, 5) is 22.4. The second-order valence-corrected chi connectivity index (χ2v) is 7.74. The van der Waals surface area contributed by atoms with E-state index in [1.165, 1.54) is 11.3 Å². The lowest BCUT2D eigenvalue weighted by molar-refractivity contribution is 0.0515. The maximum atomic E-state index is 12.6. The highest BCUT2D eigenvalue weighted by Gasteiger charge is 2.29. The van der Waals surface area contributed by atoms with Crippen LogP contribution >= 0.6 is 0 Å². The van der Waals surface area contributed by atoms with Crippen LogP contribution < -0.4 is 0 Å². The summed E-state index contributed by atoms with van der Waals surface area (Å²) in [5.74, 6) is -0.326. The number of aryl methyl sites for hydroxylation is 3. The SMILES string of the molecule is CCOC(=O)c1nn(CCCc2ccccc2)c2c1CN(Cc1nc[nH]c1C)CC2. The molecule has 0 amide bonds. The van der Waals surface area contributed by atoms with Crippen molar-refractivity contribution in [3.63, 3.8) is 0 Å². The normalized spacial score (nSPS) is 13.9. The molecule has 0 unspecified atom stereocenters. The molecule has 4 rings (SSSR count). The minimum atomic E-state index is -0.326. The van der Waals surface area contributed by atoms with Gasteiger partial charge in [-0.1, -0.05) is 30.3 Å². The van der Waals surface area contributed by atoms with Gasteiger partial charge in [0.05, 0.1) is 18.6 Å². The van der Waals surface area contributed by atoms with E-state index in [0.717, 1.165) is 55.8 Å². The largest absolute Gasteiger partial charge is 0.461 e. The summed E-state index contributed by atoms with van der Waals surface area (Å²) in [5, 5.41) is 4.68. The Balaban J connectivity index is 1.51. The van der Waals surface area contributed by atoms with Crippen LogP contribution in [0.25, 0.3) is 0 Å². The van der Waals surface area contributed by atoms with Gasteiger partial charge in [-0.15, -0.1) is 0 Å². The lowest BCUT2D eigenvalue weighted by Gasteiger charge is -2.27. The number of ether oxygens (including phenoxy) is 1. The van der Waals surface area contributed by atoms with Crippen molar-refractivity contribution in [2.45, 2.75) is 52.7 Å². The van der Waals surface area contributed by atoms with Crippen LogP contribution in [-0.4, -0.2) is 43.8 Å². The standard InChI is InChI=1S/C23H29N5O2/c1-3-30-23(29)22-19-14-27(15-20-17(2)24-16-25-20)13-11-21(19)28(26-22)12-7-10-18-8-5-4-6-9-18/h4-6,8-9,16H,3,7,10-15H2,1-2H3,(H,24,25). The van der Waals surface area contributed by atoms with Gasteiger partial charge in [0.25, 0.3) is 0 Å². The molecule has 3 heterocycles. The third kappa shape index (κ3) is 4.46. The minimum Gasteiger partial charge on any atom is -0.461 e.